The molecular formula is C11H19ClN2O. The van der Waals surface area contributed by atoms with E-state index < -0.39 is 0 Å². The van der Waals surface area contributed by atoms with Gasteiger partial charge in [0.15, 0.2) is 0 Å². The maximum atomic E-state index is 5.94. The molecule has 0 aromatic heterocycles. The maximum Gasteiger partial charge on any atom is 0.122 e. The Balaban J connectivity index is 0.00000196. The minimum Gasteiger partial charge on any atom is -0.496 e. The van der Waals surface area contributed by atoms with Crippen LogP contribution in [0.1, 0.15) is 23.6 Å². The van der Waals surface area contributed by atoms with Crippen molar-refractivity contribution in [2.75, 3.05) is 13.7 Å². The van der Waals surface area contributed by atoms with Crippen LogP contribution in [0.3, 0.4) is 0 Å². The highest BCUT2D eigenvalue weighted by atomic mass is 35.5. The molecular weight excluding hydrogens is 212 g/mol. The molecule has 3 nitrogen and oxygen atoms in total. The molecule has 86 valence electrons. The number of benzene rings is 1. The van der Waals surface area contributed by atoms with E-state index in [1.165, 1.54) is 0 Å². The van der Waals surface area contributed by atoms with Gasteiger partial charge in [0.2, 0.25) is 0 Å². The van der Waals surface area contributed by atoms with Crippen molar-refractivity contribution in [1.82, 2.24) is 0 Å². The average molecular weight is 231 g/mol. The van der Waals surface area contributed by atoms with Crippen molar-refractivity contribution in [2.45, 2.75) is 19.4 Å². The molecule has 0 spiro atoms. The lowest BCUT2D eigenvalue weighted by Gasteiger charge is -2.13. The minimum atomic E-state index is 0. The summed E-state index contributed by atoms with van der Waals surface area (Å²) in [5.74, 6) is 0.884. The molecule has 0 aliphatic rings. The Kier molecular flexibility index (Phi) is 6.32. The molecule has 0 radical (unpaired) electrons. The molecule has 1 atom stereocenters. The van der Waals surface area contributed by atoms with E-state index in [2.05, 4.69) is 0 Å². The van der Waals surface area contributed by atoms with Crippen LogP contribution >= 0.6 is 12.4 Å². The molecule has 0 bridgehead atoms. The quantitative estimate of drug-likeness (QED) is 0.829. The first-order chi connectivity index (χ1) is 6.69. The second-order valence-corrected chi connectivity index (χ2v) is 3.41. The van der Waals surface area contributed by atoms with Crippen LogP contribution in [0.5, 0.6) is 5.75 Å². The maximum absolute atomic E-state index is 5.94. The normalized spacial score (nSPS) is 11.7. The van der Waals surface area contributed by atoms with Crippen molar-refractivity contribution in [3.05, 3.63) is 29.3 Å². The summed E-state index contributed by atoms with van der Waals surface area (Å²) in [7, 11) is 1.67. The topological polar surface area (TPSA) is 61.3 Å². The lowest BCUT2D eigenvalue weighted by Crippen LogP contribution is -2.15. The summed E-state index contributed by atoms with van der Waals surface area (Å²) >= 11 is 0. The van der Waals surface area contributed by atoms with E-state index in [0.29, 0.717) is 6.54 Å². The zero-order valence-electron chi connectivity index (χ0n) is 9.19. The number of methoxy groups -OCH3 is 1. The van der Waals surface area contributed by atoms with Crippen LogP contribution in [-0.2, 0) is 0 Å². The van der Waals surface area contributed by atoms with Crippen LogP contribution in [0.4, 0.5) is 0 Å². The number of rotatable bonds is 4. The fraction of sp³-hybridized carbons (Fsp3) is 0.455. The molecule has 0 saturated heterocycles. The van der Waals surface area contributed by atoms with Gasteiger partial charge in [-0.25, -0.2) is 0 Å². The molecule has 0 heterocycles. The SMILES string of the molecule is COc1cc([C@H](N)CCN)ccc1C.Cl. The molecule has 15 heavy (non-hydrogen) atoms. The predicted molar refractivity (Wildman–Crippen MR) is 65.6 cm³/mol. The lowest BCUT2D eigenvalue weighted by molar-refractivity contribution is 0.410. The van der Waals surface area contributed by atoms with Gasteiger partial charge in [0.25, 0.3) is 0 Å². The zero-order valence-corrected chi connectivity index (χ0v) is 10.0. The Labute approximate surface area is 97.2 Å². The van der Waals surface area contributed by atoms with E-state index in [1.807, 2.05) is 25.1 Å². The number of ether oxygens (including phenoxy) is 1. The summed E-state index contributed by atoms with van der Waals surface area (Å²) in [5, 5.41) is 0. The molecule has 1 rings (SSSR count). The van der Waals surface area contributed by atoms with Gasteiger partial charge in [-0.1, -0.05) is 12.1 Å². The molecule has 4 heteroatoms. The van der Waals surface area contributed by atoms with Crippen molar-refractivity contribution in [3.63, 3.8) is 0 Å². The molecule has 0 saturated carbocycles. The van der Waals surface area contributed by atoms with Crippen molar-refractivity contribution in [2.24, 2.45) is 11.5 Å². The summed E-state index contributed by atoms with van der Waals surface area (Å²) in [6.07, 6.45) is 0.798. The van der Waals surface area contributed by atoms with Gasteiger partial charge in [-0.3, -0.25) is 0 Å². The highest BCUT2D eigenvalue weighted by Gasteiger charge is 2.07. The molecule has 1 aromatic rings. The lowest BCUT2D eigenvalue weighted by atomic mass is 10.0. The predicted octanol–water partition coefficient (Wildman–Crippen LogP) is 1.77. The number of nitrogens with two attached hydrogens (primary N) is 2. The van der Waals surface area contributed by atoms with Crippen LogP contribution in [-0.4, -0.2) is 13.7 Å². The summed E-state index contributed by atoms with van der Waals surface area (Å²) in [6, 6.07) is 6.03. The molecule has 0 unspecified atom stereocenters. The van der Waals surface area contributed by atoms with E-state index in [1.54, 1.807) is 7.11 Å². The van der Waals surface area contributed by atoms with E-state index in [9.17, 15) is 0 Å². The largest absolute Gasteiger partial charge is 0.496 e. The summed E-state index contributed by atoms with van der Waals surface area (Å²) in [4.78, 5) is 0. The molecule has 4 N–H and O–H groups in total. The summed E-state index contributed by atoms with van der Waals surface area (Å²) in [5.41, 5.74) is 13.6. The Bertz CT molecular complexity index is 305. The second kappa shape index (κ2) is 6.67. The van der Waals surface area contributed by atoms with Crippen LogP contribution in [0.25, 0.3) is 0 Å². The molecule has 0 fully saturated rings. The molecule has 0 amide bonds. The Morgan fingerprint density at radius 3 is 2.60 bits per heavy atom. The van der Waals surface area contributed by atoms with Crippen LogP contribution in [0.15, 0.2) is 18.2 Å². The minimum absolute atomic E-state index is 0. The third-order valence-electron chi connectivity index (χ3n) is 2.34. The van der Waals surface area contributed by atoms with E-state index in [4.69, 9.17) is 16.2 Å². The number of hydrogen-bond acceptors (Lipinski definition) is 3. The van der Waals surface area contributed by atoms with Gasteiger partial charge >= 0.3 is 0 Å². The smallest absolute Gasteiger partial charge is 0.122 e. The van der Waals surface area contributed by atoms with Gasteiger partial charge in [-0.15, -0.1) is 12.4 Å². The third-order valence-corrected chi connectivity index (χ3v) is 2.34. The first-order valence-corrected chi connectivity index (χ1v) is 4.79. The standard InChI is InChI=1S/C11H18N2O.ClH/c1-8-3-4-9(7-11(8)14-2)10(13)5-6-12;/h3-4,7,10H,5-6,12-13H2,1-2H3;1H/t10-;/m1./s1. The van der Waals surface area contributed by atoms with Crippen LogP contribution < -0.4 is 16.2 Å². The van der Waals surface area contributed by atoms with Crippen LogP contribution in [0, 0.1) is 6.92 Å². The van der Waals surface area contributed by atoms with Gasteiger partial charge in [-0.2, -0.15) is 0 Å². The first-order valence-electron chi connectivity index (χ1n) is 4.79. The second-order valence-electron chi connectivity index (χ2n) is 3.41. The average Bonchev–Trinajstić information content (AvgIpc) is 2.19. The zero-order chi connectivity index (χ0) is 10.6. The van der Waals surface area contributed by atoms with Gasteiger partial charge in [0.1, 0.15) is 5.75 Å². The number of halogens is 1. The number of aryl methyl sites for hydroxylation is 1. The summed E-state index contributed by atoms with van der Waals surface area (Å²) in [6.45, 7) is 2.62. The van der Waals surface area contributed by atoms with Gasteiger partial charge in [0, 0.05) is 6.04 Å². The Hall–Kier alpha value is -0.770. The summed E-state index contributed by atoms with van der Waals surface area (Å²) < 4.78 is 5.23. The van der Waals surface area contributed by atoms with Crippen molar-refractivity contribution in [3.8, 4) is 5.75 Å². The Morgan fingerprint density at radius 1 is 1.40 bits per heavy atom. The number of hydrogen-bond donors (Lipinski definition) is 2. The van der Waals surface area contributed by atoms with E-state index in [-0.39, 0.29) is 18.4 Å². The molecule has 0 aliphatic heterocycles. The molecule has 0 aliphatic carbocycles. The Morgan fingerprint density at radius 2 is 2.07 bits per heavy atom. The highest BCUT2D eigenvalue weighted by molar-refractivity contribution is 5.85. The van der Waals surface area contributed by atoms with E-state index in [0.717, 1.165) is 23.3 Å². The van der Waals surface area contributed by atoms with Crippen molar-refractivity contribution < 1.29 is 4.74 Å². The fourth-order valence-electron chi connectivity index (χ4n) is 1.41. The van der Waals surface area contributed by atoms with Crippen LogP contribution in [0.2, 0.25) is 0 Å². The van der Waals surface area contributed by atoms with E-state index >= 15 is 0 Å². The highest BCUT2D eigenvalue weighted by Crippen LogP contribution is 2.23. The van der Waals surface area contributed by atoms with Gasteiger partial charge < -0.3 is 16.2 Å². The fourth-order valence-corrected chi connectivity index (χ4v) is 1.41. The monoisotopic (exact) mass is 230 g/mol. The van der Waals surface area contributed by atoms with Crippen molar-refractivity contribution in [1.29, 1.82) is 0 Å². The van der Waals surface area contributed by atoms with Crippen molar-refractivity contribution >= 4 is 12.4 Å². The van der Waals surface area contributed by atoms with Gasteiger partial charge in [-0.05, 0) is 37.1 Å². The third kappa shape index (κ3) is 3.70. The van der Waals surface area contributed by atoms with Gasteiger partial charge in [0.05, 0.1) is 7.11 Å². The molecule has 1 aromatic carbocycles. The first kappa shape index (κ1) is 14.2.